The molecule has 3 heterocycles. The Bertz CT molecular complexity index is 4350. The maximum Gasteiger partial charge on any atom is 0.269 e. The summed E-state index contributed by atoms with van der Waals surface area (Å²) < 4.78 is 124. The molecule has 68 heavy (non-hydrogen) atoms. The number of hydrogen-bond donors (Lipinski definition) is 0. The number of nitrogens with zero attached hydrogens (tertiary/aromatic N) is 4. The van der Waals surface area contributed by atoms with Crippen molar-refractivity contribution in [2.24, 2.45) is 0 Å². The van der Waals surface area contributed by atoms with Crippen LogP contribution >= 0.6 is 0 Å². The smallest absolute Gasteiger partial charge is 0.269 e. The molecule has 11 aromatic rings. The number of aryl methyl sites for hydroxylation is 1. The first kappa shape index (κ1) is 30.3. The molecule has 0 radical (unpaired) electrons. The van der Waals surface area contributed by atoms with Gasteiger partial charge in [-0.1, -0.05) is 181 Å². The first-order valence-corrected chi connectivity index (χ1v) is 22.5. The Kier molecular flexibility index (Phi) is 7.44. The van der Waals surface area contributed by atoms with E-state index in [2.05, 4.69) is 60.0 Å². The molecule has 0 saturated heterocycles. The van der Waals surface area contributed by atoms with E-state index in [1.54, 1.807) is 0 Å². The fourth-order valence-corrected chi connectivity index (χ4v) is 9.01. The second-order valence-corrected chi connectivity index (χ2v) is 19.0. The Morgan fingerprint density at radius 3 is 2.04 bits per heavy atom. The van der Waals surface area contributed by atoms with Crippen LogP contribution in [-0.4, -0.2) is 14.1 Å². The molecule has 0 aliphatic carbocycles. The highest BCUT2D eigenvalue weighted by Gasteiger charge is 2.27. The molecule has 0 fully saturated rings. The lowest BCUT2D eigenvalue weighted by Crippen LogP contribution is -2.35. The zero-order valence-electron chi connectivity index (χ0n) is 51.5. The monoisotopic (exact) mass is 896 g/mol. The number of ether oxygens (including phenoxy) is 1. The van der Waals surface area contributed by atoms with Crippen LogP contribution in [0, 0.1) is 13.2 Å². The third-order valence-corrected chi connectivity index (χ3v) is 12.4. The van der Waals surface area contributed by atoms with Crippen molar-refractivity contribution in [1.29, 1.82) is 0 Å². The third-order valence-electron chi connectivity index (χ3n) is 12.4. The second-order valence-electron chi connectivity index (χ2n) is 19.0. The van der Waals surface area contributed by atoms with Gasteiger partial charge in [0.05, 0.1) is 47.1 Å². The van der Waals surface area contributed by atoms with Gasteiger partial charge in [0.15, 0.2) is 0 Å². The minimum absolute atomic E-state index is 0.0929. The van der Waals surface area contributed by atoms with Crippen LogP contribution in [0.15, 0.2) is 200 Å². The number of para-hydroxylation sites is 3. The van der Waals surface area contributed by atoms with Gasteiger partial charge >= 0.3 is 0 Å². The summed E-state index contributed by atoms with van der Waals surface area (Å²) in [7, 11) is 0. The molecule has 0 spiro atoms. The Morgan fingerprint density at radius 1 is 0.574 bits per heavy atom. The molecule has 0 aliphatic rings. The molecular weight excluding hydrogens is 829 g/mol. The van der Waals surface area contributed by atoms with Crippen molar-refractivity contribution in [3.8, 4) is 62.1 Å². The van der Waals surface area contributed by atoms with Crippen molar-refractivity contribution in [3.05, 3.63) is 223 Å². The number of aromatic nitrogens is 4. The molecule has 0 atom stereocenters. The molecule has 332 valence electrons. The fourth-order valence-electron chi connectivity index (χ4n) is 9.01. The Labute approximate surface area is 417 Å². The predicted molar refractivity (Wildman–Crippen MR) is 281 cm³/mol. The maximum absolute atomic E-state index is 9.05. The summed E-state index contributed by atoms with van der Waals surface area (Å²) in [6, 6.07) is 37.8. The van der Waals surface area contributed by atoms with E-state index in [4.69, 9.17) is 27.5 Å². The molecule has 0 saturated carbocycles. The summed E-state index contributed by atoms with van der Waals surface area (Å²) in [5, 5.41) is 1.69. The predicted octanol–water partition coefficient (Wildman–Crippen LogP) is 15.9. The molecule has 0 amide bonds. The lowest BCUT2D eigenvalue weighted by molar-refractivity contribution is -0.572. The van der Waals surface area contributed by atoms with E-state index in [0.29, 0.717) is 22.6 Å². The SMILES string of the molecule is [2H]c1c([2H])c([2H])c(-c2cc(-c3cccc(C(C)(C)C)c3)c(-[n+]3[c-]n(-c4cccc(Oc5ccc6c7ccccc7n(-c7cc(C([2H])([2H])[2H])c(-c8c([2H])c([2H])c([2H])c([2H])c8[2H])cn7)c6c5)c4)c4ccccc43)c(C(C)(C)C)c2)c([2H])c1[2H]. The Morgan fingerprint density at radius 2 is 1.28 bits per heavy atom. The van der Waals surface area contributed by atoms with Crippen LogP contribution in [0.25, 0.3) is 83.4 Å². The summed E-state index contributed by atoms with van der Waals surface area (Å²) in [5.41, 5.74) is 7.41. The lowest BCUT2D eigenvalue weighted by atomic mass is 9.80. The van der Waals surface area contributed by atoms with Gasteiger partial charge in [-0.3, -0.25) is 13.7 Å². The number of benzene rings is 8. The van der Waals surface area contributed by atoms with Gasteiger partial charge in [0.2, 0.25) is 0 Å². The van der Waals surface area contributed by atoms with Gasteiger partial charge in [-0.15, -0.1) is 0 Å². The summed E-state index contributed by atoms with van der Waals surface area (Å²) in [6.07, 6.45) is 4.98. The topological polar surface area (TPSA) is 35.9 Å². The van der Waals surface area contributed by atoms with Crippen LogP contribution in [0.4, 0.5) is 0 Å². The van der Waals surface area contributed by atoms with E-state index in [0.717, 1.165) is 61.0 Å². The zero-order chi connectivity index (χ0) is 57.9. The van der Waals surface area contributed by atoms with Crippen molar-refractivity contribution >= 4 is 32.8 Å². The summed E-state index contributed by atoms with van der Waals surface area (Å²) in [6.45, 7) is 9.98. The first-order valence-electron chi connectivity index (χ1n) is 29.0. The molecule has 0 unspecified atom stereocenters. The van der Waals surface area contributed by atoms with Gasteiger partial charge in [-0.2, -0.15) is 0 Å². The van der Waals surface area contributed by atoms with E-state index in [-0.39, 0.29) is 45.6 Å². The maximum atomic E-state index is 9.05. The minimum atomic E-state index is -2.77. The van der Waals surface area contributed by atoms with Crippen LogP contribution in [0.2, 0.25) is 0 Å². The second kappa shape index (κ2) is 16.7. The van der Waals surface area contributed by atoms with Gasteiger partial charge in [-0.05, 0) is 111 Å². The highest BCUT2D eigenvalue weighted by Crippen LogP contribution is 2.41. The number of pyridine rings is 1. The van der Waals surface area contributed by atoms with Gasteiger partial charge in [0.1, 0.15) is 17.3 Å². The number of imidazole rings is 1. The average molecular weight is 896 g/mol. The zero-order valence-corrected chi connectivity index (χ0v) is 38.5. The number of hydrogen-bond acceptors (Lipinski definition) is 2. The van der Waals surface area contributed by atoms with Crippen molar-refractivity contribution in [2.75, 3.05) is 0 Å². The van der Waals surface area contributed by atoms with Gasteiger partial charge in [0, 0.05) is 32.7 Å². The van der Waals surface area contributed by atoms with E-state index in [1.165, 1.54) is 12.3 Å². The van der Waals surface area contributed by atoms with E-state index in [1.807, 2.05) is 129 Å². The number of fused-ring (bicyclic) bond motifs is 4. The van der Waals surface area contributed by atoms with Crippen molar-refractivity contribution in [2.45, 2.75) is 59.2 Å². The molecule has 0 bridgehead atoms. The molecule has 0 aliphatic heterocycles. The molecular formula is C63H54N4O. The molecule has 8 aromatic carbocycles. The molecule has 11 rings (SSSR count). The quantitative estimate of drug-likeness (QED) is 0.113. The summed E-state index contributed by atoms with van der Waals surface area (Å²) >= 11 is 0. The van der Waals surface area contributed by atoms with Crippen LogP contribution in [-0.2, 0) is 10.8 Å². The summed E-state index contributed by atoms with van der Waals surface area (Å²) in [5.74, 6) is 1.19. The Hall–Kier alpha value is -8.02. The average Bonchev–Trinajstić information content (AvgIpc) is 4.25. The van der Waals surface area contributed by atoms with Gasteiger partial charge in [-0.25, -0.2) is 4.98 Å². The van der Waals surface area contributed by atoms with E-state index < -0.39 is 60.6 Å². The molecule has 0 N–H and O–H groups in total. The summed E-state index contributed by atoms with van der Waals surface area (Å²) in [4.78, 5) is 4.73. The third kappa shape index (κ3) is 7.74. The van der Waals surface area contributed by atoms with Crippen LogP contribution < -0.4 is 9.30 Å². The lowest BCUT2D eigenvalue weighted by Gasteiger charge is -2.28. The van der Waals surface area contributed by atoms with Crippen molar-refractivity contribution < 1.29 is 27.1 Å². The highest BCUT2D eigenvalue weighted by atomic mass is 16.5. The van der Waals surface area contributed by atoms with E-state index in [9.17, 15) is 0 Å². The molecule has 3 aromatic heterocycles. The number of rotatable bonds is 8. The van der Waals surface area contributed by atoms with Gasteiger partial charge < -0.3 is 4.74 Å². The van der Waals surface area contributed by atoms with Crippen LogP contribution in [0.5, 0.6) is 11.5 Å². The fraction of sp³-hybridized carbons (Fsp3) is 0.143. The standard InChI is InChI=1S/C63H54N4O/c1-42-34-60(64-40-54(42)44-22-12-9-13-23-44)67-56-29-15-14-28-51(56)52-33-32-50(39-59(52)67)68-49-27-19-26-48(38-49)65-41-66(58-31-17-16-30-57(58)65)61-53(45-24-18-25-47(35-45)62(2,3)4)36-46(37-55(61)63(5,6)7)43-20-10-8-11-21-43/h8-40H,1-7H3/i1D3,8D,9D,10D,11D,12D,13D,20D,21D,22D,23D. The molecule has 5 nitrogen and oxygen atoms in total. The van der Waals surface area contributed by atoms with Crippen LogP contribution in [0.1, 0.15) is 76.1 Å². The van der Waals surface area contributed by atoms with E-state index >= 15 is 0 Å². The van der Waals surface area contributed by atoms with Crippen molar-refractivity contribution in [1.82, 2.24) is 14.1 Å². The largest absolute Gasteiger partial charge is 0.458 e. The highest BCUT2D eigenvalue weighted by molar-refractivity contribution is 6.09. The van der Waals surface area contributed by atoms with Crippen LogP contribution in [0.3, 0.4) is 0 Å². The first-order chi connectivity index (χ1) is 38.2. The molecule has 5 heteroatoms. The van der Waals surface area contributed by atoms with Crippen molar-refractivity contribution in [3.63, 3.8) is 0 Å². The normalized spacial score (nSPS) is 14.9. The minimum Gasteiger partial charge on any atom is -0.458 e. The Balaban J connectivity index is 1.05. The van der Waals surface area contributed by atoms with Gasteiger partial charge in [0.25, 0.3) is 6.33 Å².